The Hall–Kier alpha value is -0.570. The van der Waals surface area contributed by atoms with Crippen molar-refractivity contribution >= 4 is 5.91 Å². The highest BCUT2D eigenvalue weighted by atomic mass is 16.1. The molecule has 1 aliphatic carbocycles. The Morgan fingerprint density at radius 2 is 1.84 bits per heavy atom. The van der Waals surface area contributed by atoms with Crippen molar-refractivity contribution < 1.29 is 4.79 Å². The lowest BCUT2D eigenvalue weighted by Gasteiger charge is -2.30. The van der Waals surface area contributed by atoms with Gasteiger partial charge in [0.15, 0.2) is 0 Å². The van der Waals surface area contributed by atoms with Gasteiger partial charge in [0.05, 0.1) is 0 Å². The van der Waals surface area contributed by atoms with E-state index >= 15 is 0 Å². The van der Waals surface area contributed by atoms with Crippen LogP contribution < -0.4 is 11.1 Å². The van der Waals surface area contributed by atoms with Crippen LogP contribution >= 0.6 is 0 Å². The first-order chi connectivity index (χ1) is 9.27. The van der Waals surface area contributed by atoms with Gasteiger partial charge in [-0.25, -0.2) is 0 Å². The Morgan fingerprint density at radius 3 is 2.47 bits per heavy atom. The quantitative estimate of drug-likeness (QED) is 0.630. The number of nitrogens with one attached hydrogen (secondary N) is 1. The van der Waals surface area contributed by atoms with Gasteiger partial charge in [0.25, 0.3) is 0 Å². The first-order valence-electron chi connectivity index (χ1n) is 8.27. The number of amides is 1. The van der Waals surface area contributed by atoms with Gasteiger partial charge >= 0.3 is 0 Å². The third-order valence-electron chi connectivity index (χ3n) is 4.36. The highest BCUT2D eigenvalue weighted by molar-refractivity contribution is 5.76. The van der Waals surface area contributed by atoms with Gasteiger partial charge in [-0.3, -0.25) is 4.79 Å². The highest BCUT2D eigenvalue weighted by Gasteiger charge is 2.23. The van der Waals surface area contributed by atoms with Crippen LogP contribution in [-0.4, -0.2) is 18.5 Å². The molecule has 1 atom stereocenters. The lowest BCUT2D eigenvalue weighted by molar-refractivity contribution is -0.122. The molecule has 0 aromatic carbocycles. The van der Waals surface area contributed by atoms with E-state index in [2.05, 4.69) is 12.2 Å². The molecular formula is C16H32N2O. The summed E-state index contributed by atoms with van der Waals surface area (Å²) in [7, 11) is 0. The largest absolute Gasteiger partial charge is 0.353 e. The standard InChI is InChI=1S/C16H32N2O/c1-2-15(14-10-6-5-7-11-14)18-16(19)12-8-3-4-9-13-17/h14-15H,2-13,17H2,1H3,(H,18,19). The monoisotopic (exact) mass is 268 g/mol. The minimum absolute atomic E-state index is 0.255. The van der Waals surface area contributed by atoms with E-state index in [1.54, 1.807) is 0 Å². The number of rotatable bonds is 9. The summed E-state index contributed by atoms with van der Waals surface area (Å²) in [6.45, 7) is 2.96. The van der Waals surface area contributed by atoms with E-state index in [0.717, 1.165) is 44.6 Å². The molecule has 1 aliphatic rings. The molecule has 1 saturated carbocycles. The first-order valence-corrected chi connectivity index (χ1v) is 8.27. The molecule has 1 unspecified atom stereocenters. The summed E-state index contributed by atoms with van der Waals surface area (Å²) in [6.07, 6.45) is 12.8. The number of nitrogens with two attached hydrogens (primary N) is 1. The number of carbonyl (C=O) groups excluding carboxylic acids is 1. The van der Waals surface area contributed by atoms with Crippen LogP contribution in [-0.2, 0) is 4.79 Å². The molecule has 3 heteroatoms. The van der Waals surface area contributed by atoms with Crippen LogP contribution in [0, 0.1) is 5.92 Å². The van der Waals surface area contributed by atoms with E-state index in [-0.39, 0.29) is 5.91 Å². The van der Waals surface area contributed by atoms with Gasteiger partial charge in [-0.2, -0.15) is 0 Å². The third-order valence-corrected chi connectivity index (χ3v) is 4.36. The average Bonchev–Trinajstić information content (AvgIpc) is 2.45. The lowest BCUT2D eigenvalue weighted by atomic mass is 9.83. The first kappa shape index (κ1) is 16.5. The minimum Gasteiger partial charge on any atom is -0.353 e. The third kappa shape index (κ3) is 6.95. The van der Waals surface area contributed by atoms with Crippen LogP contribution in [0.25, 0.3) is 0 Å². The van der Waals surface area contributed by atoms with Crippen LogP contribution in [0.2, 0.25) is 0 Å². The van der Waals surface area contributed by atoms with Gasteiger partial charge in [-0.1, -0.05) is 39.0 Å². The number of carbonyl (C=O) groups is 1. The molecule has 0 aromatic rings. The maximum Gasteiger partial charge on any atom is 0.220 e. The Morgan fingerprint density at radius 1 is 1.16 bits per heavy atom. The van der Waals surface area contributed by atoms with Crippen LogP contribution in [0.3, 0.4) is 0 Å². The molecule has 0 aliphatic heterocycles. The molecule has 0 spiro atoms. The molecule has 1 amide bonds. The highest BCUT2D eigenvalue weighted by Crippen LogP contribution is 2.27. The van der Waals surface area contributed by atoms with Crippen LogP contribution in [0.5, 0.6) is 0 Å². The second-order valence-corrected chi connectivity index (χ2v) is 5.93. The molecular weight excluding hydrogens is 236 g/mol. The molecule has 1 fully saturated rings. The number of hydrogen-bond donors (Lipinski definition) is 2. The van der Waals surface area contributed by atoms with E-state index in [1.807, 2.05) is 0 Å². The normalized spacial score (nSPS) is 18.2. The molecule has 0 saturated heterocycles. The summed E-state index contributed by atoms with van der Waals surface area (Å²) in [5, 5.41) is 3.26. The molecule has 0 radical (unpaired) electrons. The summed E-state index contributed by atoms with van der Waals surface area (Å²) >= 11 is 0. The molecule has 3 N–H and O–H groups in total. The second-order valence-electron chi connectivity index (χ2n) is 5.93. The summed E-state index contributed by atoms with van der Waals surface area (Å²) in [5.74, 6) is 0.977. The van der Waals surface area contributed by atoms with Gasteiger partial charge in [-0.15, -0.1) is 0 Å². The van der Waals surface area contributed by atoms with Crippen molar-refractivity contribution in [3.8, 4) is 0 Å². The van der Waals surface area contributed by atoms with Crippen LogP contribution in [0.4, 0.5) is 0 Å². The molecule has 0 heterocycles. The molecule has 112 valence electrons. The molecule has 19 heavy (non-hydrogen) atoms. The summed E-state index contributed by atoms with van der Waals surface area (Å²) < 4.78 is 0. The Kier molecular flexibility index (Phi) is 8.89. The summed E-state index contributed by atoms with van der Waals surface area (Å²) in [4.78, 5) is 12.0. The molecule has 1 rings (SSSR count). The van der Waals surface area contributed by atoms with Gasteiger partial charge in [0.2, 0.25) is 5.91 Å². The summed E-state index contributed by atoms with van der Waals surface area (Å²) in [5.41, 5.74) is 5.46. The fourth-order valence-electron chi connectivity index (χ4n) is 3.15. The van der Waals surface area contributed by atoms with E-state index in [1.165, 1.54) is 32.1 Å². The van der Waals surface area contributed by atoms with Gasteiger partial charge in [0.1, 0.15) is 0 Å². The van der Waals surface area contributed by atoms with E-state index in [9.17, 15) is 4.79 Å². The van der Waals surface area contributed by atoms with Gasteiger partial charge in [-0.05, 0) is 44.6 Å². The van der Waals surface area contributed by atoms with Crippen molar-refractivity contribution in [3.63, 3.8) is 0 Å². The zero-order chi connectivity index (χ0) is 13.9. The van der Waals surface area contributed by atoms with Crippen molar-refractivity contribution in [3.05, 3.63) is 0 Å². The predicted octanol–water partition coefficient (Wildman–Crippen LogP) is 3.37. The van der Waals surface area contributed by atoms with E-state index < -0.39 is 0 Å². The lowest BCUT2D eigenvalue weighted by Crippen LogP contribution is -2.40. The van der Waals surface area contributed by atoms with Crippen molar-refractivity contribution in [1.29, 1.82) is 0 Å². The Bertz CT molecular complexity index is 237. The van der Waals surface area contributed by atoms with Gasteiger partial charge in [0, 0.05) is 12.5 Å². The van der Waals surface area contributed by atoms with Gasteiger partial charge < -0.3 is 11.1 Å². The SMILES string of the molecule is CCC(NC(=O)CCCCCCN)C1CCCCC1. The van der Waals surface area contributed by atoms with Crippen molar-refractivity contribution in [2.45, 2.75) is 83.6 Å². The minimum atomic E-state index is 0.255. The average molecular weight is 268 g/mol. The molecule has 3 nitrogen and oxygen atoms in total. The zero-order valence-electron chi connectivity index (χ0n) is 12.6. The maximum absolute atomic E-state index is 12.0. The number of hydrogen-bond acceptors (Lipinski definition) is 2. The maximum atomic E-state index is 12.0. The fraction of sp³-hybridized carbons (Fsp3) is 0.938. The molecule has 0 aromatic heterocycles. The van der Waals surface area contributed by atoms with Crippen molar-refractivity contribution in [2.75, 3.05) is 6.54 Å². The van der Waals surface area contributed by atoms with E-state index in [0.29, 0.717) is 12.5 Å². The van der Waals surface area contributed by atoms with Crippen molar-refractivity contribution in [2.24, 2.45) is 11.7 Å². The zero-order valence-corrected chi connectivity index (χ0v) is 12.6. The summed E-state index contributed by atoms with van der Waals surface area (Å²) in [6, 6.07) is 0.414. The Labute approximate surface area is 118 Å². The Balaban J connectivity index is 2.17. The van der Waals surface area contributed by atoms with Crippen molar-refractivity contribution in [1.82, 2.24) is 5.32 Å². The fourth-order valence-corrected chi connectivity index (χ4v) is 3.15. The van der Waals surface area contributed by atoms with Crippen LogP contribution in [0.1, 0.15) is 77.6 Å². The smallest absolute Gasteiger partial charge is 0.220 e. The number of unbranched alkanes of at least 4 members (excludes halogenated alkanes) is 3. The topological polar surface area (TPSA) is 55.1 Å². The second kappa shape index (κ2) is 10.2. The van der Waals surface area contributed by atoms with Crippen LogP contribution in [0.15, 0.2) is 0 Å². The van der Waals surface area contributed by atoms with E-state index in [4.69, 9.17) is 5.73 Å². The molecule has 0 bridgehead atoms. The predicted molar refractivity (Wildman–Crippen MR) is 80.9 cm³/mol.